The summed E-state index contributed by atoms with van der Waals surface area (Å²) in [5, 5.41) is 3.55. The number of likely N-dealkylation sites (N-methyl/N-ethyl adjacent to an activating group) is 1. The van der Waals surface area contributed by atoms with Crippen molar-refractivity contribution >= 4 is 0 Å². The minimum atomic E-state index is -0.0971. The lowest BCUT2D eigenvalue weighted by Gasteiger charge is -2.48. The molecular formula is C18H29FN2. The van der Waals surface area contributed by atoms with Crippen LogP contribution in [0.2, 0.25) is 0 Å². The molecule has 2 unspecified atom stereocenters. The van der Waals surface area contributed by atoms with Crippen LogP contribution in [0.15, 0.2) is 24.3 Å². The number of halogens is 1. The zero-order valence-corrected chi connectivity index (χ0v) is 13.7. The third-order valence-electron chi connectivity index (χ3n) is 5.04. The van der Waals surface area contributed by atoms with Crippen LogP contribution < -0.4 is 5.32 Å². The van der Waals surface area contributed by atoms with Crippen LogP contribution in [0.3, 0.4) is 0 Å². The number of likely N-dealkylation sites (tertiary alicyclic amines) is 1. The van der Waals surface area contributed by atoms with Crippen molar-refractivity contribution in [1.82, 2.24) is 10.2 Å². The molecule has 1 saturated heterocycles. The smallest absolute Gasteiger partial charge is 0.128 e. The van der Waals surface area contributed by atoms with Crippen molar-refractivity contribution < 1.29 is 4.39 Å². The first-order chi connectivity index (χ1) is 10.1. The molecule has 1 aromatic rings. The van der Waals surface area contributed by atoms with E-state index in [4.69, 9.17) is 0 Å². The largest absolute Gasteiger partial charge is 0.309 e. The highest BCUT2D eigenvalue weighted by molar-refractivity contribution is 5.25. The van der Waals surface area contributed by atoms with Crippen molar-refractivity contribution in [1.29, 1.82) is 0 Å². The summed E-state index contributed by atoms with van der Waals surface area (Å²) in [5.74, 6) is -0.0971. The van der Waals surface area contributed by atoms with Gasteiger partial charge in [0.15, 0.2) is 0 Å². The van der Waals surface area contributed by atoms with Crippen LogP contribution in [0.5, 0.6) is 0 Å². The van der Waals surface area contributed by atoms with Crippen molar-refractivity contribution in [3.8, 4) is 0 Å². The lowest BCUT2D eigenvalue weighted by atomic mass is 9.81. The number of nitrogens with one attached hydrogen (secondary N) is 1. The molecule has 1 aliphatic heterocycles. The maximum Gasteiger partial charge on any atom is 0.128 e. The monoisotopic (exact) mass is 292 g/mol. The van der Waals surface area contributed by atoms with Gasteiger partial charge >= 0.3 is 0 Å². The van der Waals surface area contributed by atoms with E-state index in [1.807, 2.05) is 12.1 Å². The molecule has 1 aromatic carbocycles. The molecule has 2 nitrogen and oxygen atoms in total. The van der Waals surface area contributed by atoms with Gasteiger partial charge in [-0.15, -0.1) is 0 Å². The fraction of sp³-hybridized carbons (Fsp3) is 0.667. The fourth-order valence-corrected chi connectivity index (χ4v) is 3.59. The van der Waals surface area contributed by atoms with E-state index in [0.717, 1.165) is 31.6 Å². The normalized spacial score (nSPS) is 21.0. The molecule has 0 aromatic heterocycles. The van der Waals surface area contributed by atoms with E-state index >= 15 is 0 Å². The highest BCUT2D eigenvalue weighted by Gasteiger charge is 2.40. The van der Waals surface area contributed by atoms with Gasteiger partial charge in [-0.25, -0.2) is 4.39 Å². The van der Waals surface area contributed by atoms with Crippen LogP contribution in [0, 0.1) is 5.82 Å². The highest BCUT2D eigenvalue weighted by Crippen LogP contribution is 2.37. The molecule has 2 rings (SSSR count). The van der Waals surface area contributed by atoms with Gasteiger partial charge in [0.25, 0.3) is 0 Å². The SMILES string of the molecule is CCNC(c1ccccc1F)C(C)(CC)N1CCCCC1. The van der Waals surface area contributed by atoms with Crippen LogP contribution in [0.1, 0.15) is 58.1 Å². The number of nitrogens with zero attached hydrogens (tertiary/aromatic N) is 1. The first-order valence-electron chi connectivity index (χ1n) is 8.36. The molecule has 3 heteroatoms. The van der Waals surface area contributed by atoms with E-state index in [1.54, 1.807) is 12.1 Å². The van der Waals surface area contributed by atoms with Crippen molar-refractivity contribution in [3.63, 3.8) is 0 Å². The van der Waals surface area contributed by atoms with Gasteiger partial charge < -0.3 is 5.32 Å². The second-order valence-corrected chi connectivity index (χ2v) is 6.27. The minimum Gasteiger partial charge on any atom is -0.309 e. The molecule has 0 aliphatic carbocycles. The van der Waals surface area contributed by atoms with E-state index in [-0.39, 0.29) is 17.4 Å². The lowest BCUT2D eigenvalue weighted by molar-refractivity contribution is 0.0418. The molecule has 0 spiro atoms. The number of piperidine rings is 1. The third-order valence-corrected chi connectivity index (χ3v) is 5.04. The van der Waals surface area contributed by atoms with Gasteiger partial charge in [0, 0.05) is 11.1 Å². The number of rotatable bonds is 6. The summed E-state index contributed by atoms with van der Waals surface area (Å²) in [4.78, 5) is 2.57. The summed E-state index contributed by atoms with van der Waals surface area (Å²) in [6.07, 6.45) is 4.85. The Morgan fingerprint density at radius 1 is 1.19 bits per heavy atom. The summed E-state index contributed by atoms with van der Waals surface area (Å²) in [6, 6.07) is 7.25. The number of hydrogen-bond donors (Lipinski definition) is 1. The Balaban J connectivity index is 2.35. The second kappa shape index (κ2) is 7.37. The summed E-state index contributed by atoms with van der Waals surface area (Å²) >= 11 is 0. The van der Waals surface area contributed by atoms with Gasteiger partial charge in [0.05, 0.1) is 6.04 Å². The number of benzene rings is 1. The van der Waals surface area contributed by atoms with Crippen LogP contribution in [0.4, 0.5) is 4.39 Å². The average molecular weight is 292 g/mol. The Morgan fingerprint density at radius 2 is 1.86 bits per heavy atom. The average Bonchev–Trinajstić information content (AvgIpc) is 2.53. The van der Waals surface area contributed by atoms with Crippen LogP contribution in [0.25, 0.3) is 0 Å². The topological polar surface area (TPSA) is 15.3 Å². The van der Waals surface area contributed by atoms with E-state index in [9.17, 15) is 4.39 Å². The minimum absolute atomic E-state index is 0.0341. The fourth-order valence-electron chi connectivity index (χ4n) is 3.59. The molecule has 1 N–H and O–H groups in total. The Hall–Kier alpha value is -0.930. The van der Waals surface area contributed by atoms with E-state index < -0.39 is 0 Å². The molecule has 118 valence electrons. The van der Waals surface area contributed by atoms with Gasteiger partial charge in [0.2, 0.25) is 0 Å². The van der Waals surface area contributed by atoms with Gasteiger partial charge in [-0.2, -0.15) is 0 Å². The highest BCUT2D eigenvalue weighted by atomic mass is 19.1. The first-order valence-corrected chi connectivity index (χ1v) is 8.36. The zero-order chi connectivity index (χ0) is 15.3. The molecule has 1 fully saturated rings. The molecule has 0 amide bonds. The van der Waals surface area contributed by atoms with Crippen molar-refractivity contribution in [2.75, 3.05) is 19.6 Å². The van der Waals surface area contributed by atoms with Crippen LogP contribution >= 0.6 is 0 Å². The van der Waals surface area contributed by atoms with Crippen molar-refractivity contribution in [2.24, 2.45) is 0 Å². The maximum absolute atomic E-state index is 14.3. The number of hydrogen-bond acceptors (Lipinski definition) is 2. The quantitative estimate of drug-likeness (QED) is 0.848. The van der Waals surface area contributed by atoms with Gasteiger partial charge in [-0.3, -0.25) is 4.90 Å². The Labute approximate surface area is 128 Å². The standard InChI is InChI=1S/C18H29FN2/c1-4-18(3,21-13-9-6-10-14-21)17(20-5-2)15-11-7-8-12-16(15)19/h7-8,11-12,17,20H,4-6,9-10,13-14H2,1-3H3. The second-order valence-electron chi connectivity index (χ2n) is 6.27. The van der Waals surface area contributed by atoms with E-state index in [2.05, 4.69) is 31.0 Å². The predicted molar refractivity (Wildman–Crippen MR) is 86.9 cm³/mol. The molecular weight excluding hydrogens is 263 g/mol. The molecule has 0 bridgehead atoms. The molecule has 1 heterocycles. The molecule has 0 radical (unpaired) electrons. The van der Waals surface area contributed by atoms with Gasteiger partial charge in [0.1, 0.15) is 5.82 Å². The molecule has 2 atom stereocenters. The summed E-state index contributed by atoms with van der Waals surface area (Å²) in [6.45, 7) is 9.71. The van der Waals surface area contributed by atoms with E-state index in [0.29, 0.717) is 0 Å². The van der Waals surface area contributed by atoms with E-state index in [1.165, 1.54) is 19.3 Å². The lowest BCUT2D eigenvalue weighted by Crippen LogP contribution is -2.56. The Morgan fingerprint density at radius 3 is 2.43 bits per heavy atom. The van der Waals surface area contributed by atoms with Crippen molar-refractivity contribution in [3.05, 3.63) is 35.6 Å². The Kier molecular flexibility index (Phi) is 5.77. The first kappa shape index (κ1) is 16.4. The predicted octanol–water partition coefficient (Wildman–Crippen LogP) is 4.13. The van der Waals surface area contributed by atoms with Crippen LogP contribution in [-0.2, 0) is 0 Å². The van der Waals surface area contributed by atoms with Crippen LogP contribution in [-0.4, -0.2) is 30.1 Å². The van der Waals surface area contributed by atoms with Gasteiger partial charge in [-0.05, 0) is 51.9 Å². The van der Waals surface area contributed by atoms with Gasteiger partial charge in [-0.1, -0.05) is 38.5 Å². The van der Waals surface area contributed by atoms with Crippen molar-refractivity contribution in [2.45, 2.75) is 58.0 Å². The third kappa shape index (κ3) is 3.46. The molecule has 21 heavy (non-hydrogen) atoms. The summed E-state index contributed by atoms with van der Waals surface area (Å²) in [7, 11) is 0. The summed E-state index contributed by atoms with van der Waals surface area (Å²) < 4.78 is 14.3. The molecule has 0 saturated carbocycles. The zero-order valence-electron chi connectivity index (χ0n) is 13.7. The maximum atomic E-state index is 14.3. The summed E-state index contributed by atoms with van der Waals surface area (Å²) in [5.41, 5.74) is 0.757. The molecule has 1 aliphatic rings. The Bertz CT molecular complexity index is 443.